The molecule has 0 bridgehead atoms. The largest absolute Gasteiger partial charge is 0.273 e. The molecule has 2 N–H and O–H groups in total. The van der Waals surface area contributed by atoms with Crippen LogP contribution in [0.1, 0.15) is 55.6 Å². The van der Waals surface area contributed by atoms with Crippen molar-refractivity contribution in [2.75, 3.05) is 0 Å². The maximum Gasteiger partial charge on any atom is 0.268 e. The van der Waals surface area contributed by atoms with Gasteiger partial charge in [-0.25, -0.2) is 5.84 Å². The first-order chi connectivity index (χ1) is 8.66. The van der Waals surface area contributed by atoms with E-state index >= 15 is 0 Å². The zero-order chi connectivity index (χ0) is 14.8. The van der Waals surface area contributed by atoms with Gasteiger partial charge in [0.15, 0.2) is 0 Å². The third-order valence-electron chi connectivity index (χ3n) is 3.43. The van der Waals surface area contributed by atoms with Gasteiger partial charge in [0.05, 0.1) is 6.04 Å². The fourth-order valence-electron chi connectivity index (χ4n) is 2.62. The van der Waals surface area contributed by atoms with Gasteiger partial charge in [0, 0.05) is 5.56 Å². The molecule has 1 amide bonds. The smallest absolute Gasteiger partial charge is 0.268 e. The van der Waals surface area contributed by atoms with Crippen LogP contribution in [0.4, 0.5) is 0 Å². The first-order valence-electron chi connectivity index (χ1n) is 6.83. The SMILES string of the molecule is CC[C@@H](N(N)C(=O)c1cc(C)cc(C)c1)C(C)(C)C. The third-order valence-corrected chi connectivity index (χ3v) is 3.43. The van der Waals surface area contributed by atoms with Crippen molar-refractivity contribution in [1.29, 1.82) is 0 Å². The van der Waals surface area contributed by atoms with Crippen molar-refractivity contribution >= 4 is 5.91 Å². The molecule has 0 saturated heterocycles. The Labute approximate surface area is 116 Å². The van der Waals surface area contributed by atoms with Crippen molar-refractivity contribution in [3.05, 3.63) is 34.9 Å². The number of benzene rings is 1. The quantitative estimate of drug-likeness (QED) is 0.515. The Morgan fingerprint density at radius 2 is 1.68 bits per heavy atom. The highest BCUT2D eigenvalue weighted by atomic mass is 16.2. The van der Waals surface area contributed by atoms with Crippen LogP contribution >= 0.6 is 0 Å². The number of amides is 1. The standard InChI is InChI=1S/C16H26N2O/c1-7-14(16(4,5)6)18(17)15(19)13-9-11(2)8-12(3)10-13/h8-10,14H,7,17H2,1-6H3/t14-/m1/s1. The fraction of sp³-hybridized carbons (Fsp3) is 0.562. The molecule has 0 saturated carbocycles. The van der Waals surface area contributed by atoms with E-state index in [9.17, 15) is 4.79 Å². The summed E-state index contributed by atoms with van der Waals surface area (Å²) in [6, 6.07) is 5.87. The van der Waals surface area contributed by atoms with Crippen molar-refractivity contribution in [3.63, 3.8) is 0 Å². The molecule has 19 heavy (non-hydrogen) atoms. The summed E-state index contributed by atoms with van der Waals surface area (Å²) >= 11 is 0. The molecular weight excluding hydrogens is 236 g/mol. The number of hydrazine groups is 1. The maximum atomic E-state index is 12.5. The van der Waals surface area contributed by atoms with E-state index in [-0.39, 0.29) is 17.4 Å². The summed E-state index contributed by atoms with van der Waals surface area (Å²) in [5.41, 5.74) is 2.81. The molecule has 0 spiro atoms. The molecule has 0 fully saturated rings. The van der Waals surface area contributed by atoms with Gasteiger partial charge in [0.25, 0.3) is 5.91 Å². The summed E-state index contributed by atoms with van der Waals surface area (Å²) in [6.45, 7) is 12.4. The monoisotopic (exact) mass is 262 g/mol. The number of hydrogen-bond donors (Lipinski definition) is 1. The van der Waals surface area contributed by atoms with Crippen LogP contribution in [0.15, 0.2) is 18.2 Å². The summed E-state index contributed by atoms with van der Waals surface area (Å²) in [4.78, 5) is 12.5. The van der Waals surface area contributed by atoms with Crippen molar-refractivity contribution in [3.8, 4) is 0 Å². The number of hydrogen-bond acceptors (Lipinski definition) is 2. The molecular formula is C16H26N2O. The van der Waals surface area contributed by atoms with Crippen LogP contribution in [-0.4, -0.2) is 17.0 Å². The Balaban J connectivity index is 3.05. The van der Waals surface area contributed by atoms with Gasteiger partial charge in [-0.1, -0.05) is 44.9 Å². The average Bonchev–Trinajstić information content (AvgIpc) is 2.25. The number of carbonyl (C=O) groups excluding carboxylic acids is 1. The average molecular weight is 262 g/mol. The minimum Gasteiger partial charge on any atom is -0.273 e. The number of nitrogens with two attached hydrogens (primary N) is 1. The minimum atomic E-state index is -0.103. The van der Waals surface area contributed by atoms with Gasteiger partial charge >= 0.3 is 0 Å². The van der Waals surface area contributed by atoms with Gasteiger partial charge in [-0.15, -0.1) is 0 Å². The number of rotatable bonds is 3. The van der Waals surface area contributed by atoms with Gasteiger partial charge in [0.2, 0.25) is 0 Å². The van der Waals surface area contributed by atoms with Gasteiger partial charge in [-0.05, 0) is 37.8 Å². The molecule has 1 aromatic rings. The van der Waals surface area contributed by atoms with E-state index in [1.807, 2.05) is 26.0 Å². The summed E-state index contributed by atoms with van der Waals surface area (Å²) in [5, 5.41) is 1.40. The number of carbonyl (C=O) groups is 1. The Morgan fingerprint density at radius 3 is 2.05 bits per heavy atom. The summed E-state index contributed by atoms with van der Waals surface area (Å²) in [5.74, 6) is 5.97. The molecule has 0 radical (unpaired) electrons. The van der Waals surface area contributed by atoms with Gasteiger partial charge in [0.1, 0.15) is 0 Å². The third kappa shape index (κ3) is 3.80. The van der Waals surface area contributed by atoms with E-state index in [2.05, 4.69) is 33.8 Å². The van der Waals surface area contributed by atoms with E-state index < -0.39 is 0 Å². The van der Waals surface area contributed by atoms with E-state index in [0.717, 1.165) is 17.5 Å². The molecule has 106 valence electrons. The van der Waals surface area contributed by atoms with Crippen LogP contribution < -0.4 is 5.84 Å². The highest BCUT2D eigenvalue weighted by molar-refractivity contribution is 5.94. The van der Waals surface area contributed by atoms with Crippen molar-refractivity contribution in [2.45, 2.75) is 54.0 Å². The Morgan fingerprint density at radius 1 is 1.21 bits per heavy atom. The molecule has 0 aliphatic carbocycles. The molecule has 0 aliphatic rings. The fourth-order valence-corrected chi connectivity index (χ4v) is 2.62. The molecule has 0 unspecified atom stereocenters. The van der Waals surface area contributed by atoms with Gasteiger partial charge in [-0.2, -0.15) is 0 Å². The zero-order valence-corrected chi connectivity index (χ0v) is 12.9. The summed E-state index contributed by atoms with van der Waals surface area (Å²) < 4.78 is 0. The first kappa shape index (κ1) is 15.7. The lowest BCUT2D eigenvalue weighted by Crippen LogP contribution is -2.51. The van der Waals surface area contributed by atoms with E-state index in [1.165, 1.54) is 5.01 Å². The molecule has 0 heterocycles. The second kappa shape index (κ2) is 5.74. The summed E-state index contributed by atoms with van der Waals surface area (Å²) in [7, 11) is 0. The summed E-state index contributed by atoms with van der Waals surface area (Å²) in [6.07, 6.45) is 0.844. The molecule has 1 rings (SSSR count). The van der Waals surface area contributed by atoms with Gasteiger partial charge < -0.3 is 0 Å². The highest BCUT2D eigenvalue weighted by Crippen LogP contribution is 2.26. The molecule has 1 atom stereocenters. The molecule has 3 heteroatoms. The van der Waals surface area contributed by atoms with E-state index in [4.69, 9.17) is 5.84 Å². The Hall–Kier alpha value is -1.35. The van der Waals surface area contributed by atoms with Gasteiger partial charge in [-0.3, -0.25) is 9.80 Å². The predicted octanol–water partition coefficient (Wildman–Crippen LogP) is 3.44. The van der Waals surface area contributed by atoms with Crippen molar-refractivity contribution in [2.24, 2.45) is 11.3 Å². The topological polar surface area (TPSA) is 46.3 Å². The van der Waals surface area contributed by atoms with E-state index in [0.29, 0.717) is 5.56 Å². The highest BCUT2D eigenvalue weighted by Gasteiger charge is 2.30. The maximum absolute atomic E-state index is 12.5. The van der Waals surface area contributed by atoms with Crippen molar-refractivity contribution in [1.82, 2.24) is 5.01 Å². The van der Waals surface area contributed by atoms with Crippen LogP contribution in [0.5, 0.6) is 0 Å². The lowest BCUT2D eigenvalue weighted by molar-refractivity contribution is 0.0505. The second-order valence-electron chi connectivity index (χ2n) is 6.38. The van der Waals surface area contributed by atoms with Crippen LogP contribution in [0, 0.1) is 19.3 Å². The Bertz CT molecular complexity index is 440. The molecule has 3 nitrogen and oxygen atoms in total. The molecule has 0 aromatic heterocycles. The van der Waals surface area contributed by atoms with Crippen LogP contribution in [-0.2, 0) is 0 Å². The van der Waals surface area contributed by atoms with Crippen LogP contribution in [0.3, 0.4) is 0 Å². The van der Waals surface area contributed by atoms with E-state index in [1.54, 1.807) is 0 Å². The normalized spacial score (nSPS) is 13.2. The second-order valence-corrected chi connectivity index (χ2v) is 6.38. The first-order valence-corrected chi connectivity index (χ1v) is 6.83. The molecule has 1 aromatic carbocycles. The zero-order valence-electron chi connectivity index (χ0n) is 12.9. The number of aryl methyl sites for hydroxylation is 2. The lowest BCUT2D eigenvalue weighted by atomic mass is 9.84. The van der Waals surface area contributed by atoms with Crippen LogP contribution in [0.2, 0.25) is 0 Å². The minimum absolute atomic E-state index is 0.0285. The van der Waals surface area contributed by atoms with Crippen LogP contribution in [0.25, 0.3) is 0 Å². The van der Waals surface area contributed by atoms with Crippen molar-refractivity contribution < 1.29 is 4.79 Å². The Kier molecular flexibility index (Phi) is 4.75. The lowest BCUT2D eigenvalue weighted by Gasteiger charge is -2.36. The molecule has 0 aliphatic heterocycles. The predicted molar refractivity (Wildman–Crippen MR) is 79.8 cm³/mol. The number of nitrogens with zero attached hydrogens (tertiary/aromatic N) is 1.